The van der Waals surface area contributed by atoms with Crippen molar-refractivity contribution in [3.8, 4) is 11.5 Å². The summed E-state index contributed by atoms with van der Waals surface area (Å²) in [5, 5.41) is 7.12. The van der Waals surface area contributed by atoms with Crippen LogP contribution < -0.4 is 20.3 Å². The highest BCUT2D eigenvalue weighted by atomic mass is 35.5. The van der Waals surface area contributed by atoms with Crippen LogP contribution in [-0.2, 0) is 9.59 Å². The fourth-order valence-electron chi connectivity index (χ4n) is 8.60. The maximum atomic E-state index is 13.8. The van der Waals surface area contributed by atoms with Gasteiger partial charge in [0.05, 0.1) is 21.5 Å². The van der Waals surface area contributed by atoms with Crippen molar-refractivity contribution in [1.29, 1.82) is 0 Å². The van der Waals surface area contributed by atoms with Gasteiger partial charge in [-0.2, -0.15) is 0 Å². The number of rotatable bonds is 20. The number of piperazine rings is 1. The molecule has 2 aliphatic heterocycles. The Morgan fingerprint density at radius 3 is 2.28 bits per heavy atom. The van der Waals surface area contributed by atoms with Crippen molar-refractivity contribution in [2.45, 2.75) is 57.0 Å². The van der Waals surface area contributed by atoms with Crippen LogP contribution in [0.15, 0.2) is 79.3 Å². The maximum absolute atomic E-state index is 13.8. The zero-order chi connectivity index (χ0) is 45.0. The number of H-pyrrole nitrogens is 1. The Labute approximate surface area is 378 Å². The van der Waals surface area contributed by atoms with Crippen LogP contribution in [0.1, 0.15) is 81.6 Å². The highest BCUT2D eigenvalue weighted by Crippen LogP contribution is 2.32. The van der Waals surface area contributed by atoms with Crippen LogP contribution in [0, 0.1) is 0 Å². The number of anilines is 2. The van der Waals surface area contributed by atoms with Gasteiger partial charge in [0.15, 0.2) is 12.1 Å². The molecular formula is C48H56ClN9O6. The Kier molecular flexibility index (Phi) is 15.7. The minimum Gasteiger partial charge on any atom is -0.457 e. The van der Waals surface area contributed by atoms with Gasteiger partial charge in [-0.05, 0) is 87.7 Å². The van der Waals surface area contributed by atoms with Crippen LogP contribution in [0.4, 0.5) is 11.5 Å². The molecule has 16 heteroatoms. The van der Waals surface area contributed by atoms with Gasteiger partial charge >= 0.3 is 0 Å². The lowest BCUT2D eigenvalue weighted by Crippen LogP contribution is -2.47. The second kappa shape index (κ2) is 22.0. The second-order valence-corrected chi connectivity index (χ2v) is 16.8. The van der Waals surface area contributed by atoms with E-state index in [1.54, 1.807) is 36.5 Å². The maximum Gasteiger partial charge on any atom is 0.255 e. The average Bonchev–Trinajstić information content (AvgIpc) is 3.77. The fourth-order valence-corrected chi connectivity index (χ4v) is 8.86. The van der Waals surface area contributed by atoms with Gasteiger partial charge in [0.1, 0.15) is 41.6 Å². The molecule has 3 aromatic carbocycles. The zero-order valence-electron chi connectivity index (χ0n) is 36.4. The van der Waals surface area contributed by atoms with E-state index in [0.717, 1.165) is 96.4 Å². The molecule has 2 aromatic heterocycles. The number of hydrogen-bond donors (Lipinski definition) is 3. The number of unbranched alkanes of at least 4 members (excludes halogenated alkanes) is 2. The highest BCUT2D eigenvalue weighted by molar-refractivity contribution is 6.35. The molecule has 0 radical (unpaired) electrons. The number of halogens is 1. The number of likely N-dealkylation sites (N-methyl/N-ethyl adjacent to an activating group) is 2. The summed E-state index contributed by atoms with van der Waals surface area (Å²) >= 11 is 6.63. The number of aromatic nitrogens is 3. The molecule has 2 saturated heterocycles. The number of aromatic amines is 1. The average molecular weight is 890 g/mol. The molecule has 3 N–H and O–H groups in total. The minimum atomic E-state index is -0.820. The first-order valence-electron chi connectivity index (χ1n) is 22.0. The Balaban J connectivity index is 0.826. The molecule has 1 atom stereocenters. The Hall–Kier alpha value is -6.16. The van der Waals surface area contributed by atoms with Crippen molar-refractivity contribution in [3.63, 3.8) is 0 Å². The van der Waals surface area contributed by atoms with Crippen molar-refractivity contribution in [2.24, 2.45) is 0 Å². The molecule has 2 amide bonds. The molecule has 1 unspecified atom stereocenters. The third kappa shape index (κ3) is 11.1. The summed E-state index contributed by atoms with van der Waals surface area (Å²) in [6.45, 7) is 7.51. The summed E-state index contributed by atoms with van der Waals surface area (Å²) in [5.41, 5.74) is 2.79. The van der Waals surface area contributed by atoms with E-state index in [-0.39, 0.29) is 41.7 Å². The minimum absolute atomic E-state index is 0.140. The van der Waals surface area contributed by atoms with Gasteiger partial charge in [-0.15, -0.1) is 0 Å². The summed E-state index contributed by atoms with van der Waals surface area (Å²) in [7, 11) is 3.00. The standard InChI is InChI=1S/C48H56ClN9O6/c1-50-47(62)42(12-9-27-59)55(2)48(63)38-15-13-35(28-33(38)31-60)58-25-23-57(24-26-58)20-8-4-7-19-56-21-17-34(18-22-56)54-46-43-40(30-51-45(43)52-32-53-46)44(61)39-16-14-37(29-41(39)49)64-36-10-5-3-6-11-36/h3,5-6,10-11,13-16,27-32,34,42H,4,7-9,12,17-26H2,1-2H3,(H,50,62)(H2,51,52,53,54). The fraction of sp³-hybridized carbons (Fsp3) is 0.396. The summed E-state index contributed by atoms with van der Waals surface area (Å²) in [6, 6.07) is 19.1. The van der Waals surface area contributed by atoms with E-state index in [1.165, 1.54) is 25.3 Å². The van der Waals surface area contributed by atoms with E-state index in [9.17, 15) is 24.0 Å². The molecular weight excluding hydrogens is 834 g/mol. The molecule has 2 fully saturated rings. The van der Waals surface area contributed by atoms with E-state index in [4.69, 9.17) is 16.3 Å². The molecule has 15 nitrogen and oxygen atoms in total. The van der Waals surface area contributed by atoms with Crippen molar-refractivity contribution >= 4 is 64.3 Å². The number of benzene rings is 3. The Morgan fingerprint density at radius 2 is 1.59 bits per heavy atom. The predicted molar refractivity (Wildman–Crippen MR) is 248 cm³/mol. The number of hydrogen-bond acceptors (Lipinski definition) is 12. The number of aldehydes is 2. The van der Waals surface area contributed by atoms with Crippen LogP contribution in [0.5, 0.6) is 11.5 Å². The van der Waals surface area contributed by atoms with Crippen LogP contribution in [0.2, 0.25) is 5.02 Å². The number of amides is 2. The highest BCUT2D eigenvalue weighted by Gasteiger charge is 2.29. The van der Waals surface area contributed by atoms with E-state index >= 15 is 0 Å². The van der Waals surface area contributed by atoms with Crippen LogP contribution >= 0.6 is 11.6 Å². The second-order valence-electron chi connectivity index (χ2n) is 16.4. The largest absolute Gasteiger partial charge is 0.457 e. The quantitative estimate of drug-likeness (QED) is 0.0442. The molecule has 336 valence electrons. The zero-order valence-corrected chi connectivity index (χ0v) is 37.2. The molecule has 7 rings (SSSR count). The number of likely N-dealkylation sites (tertiary alicyclic amines) is 1. The van der Waals surface area contributed by atoms with Gasteiger partial charge in [-0.1, -0.05) is 36.2 Å². The molecule has 4 heterocycles. The molecule has 0 spiro atoms. The number of carbonyl (C=O) groups excluding carboxylic acids is 5. The third-order valence-electron chi connectivity index (χ3n) is 12.3. The van der Waals surface area contributed by atoms with Gasteiger partial charge in [0, 0.05) is 94.9 Å². The molecule has 5 aromatic rings. The van der Waals surface area contributed by atoms with Crippen molar-refractivity contribution in [3.05, 3.63) is 107 Å². The summed E-state index contributed by atoms with van der Waals surface area (Å²) < 4.78 is 5.90. The first-order valence-corrected chi connectivity index (χ1v) is 22.4. The van der Waals surface area contributed by atoms with Gasteiger partial charge < -0.3 is 39.8 Å². The van der Waals surface area contributed by atoms with E-state index in [2.05, 4.69) is 40.3 Å². The SMILES string of the molecule is CNC(=O)C(CCC=O)N(C)C(=O)c1ccc(N2CCN(CCCCCN3CCC(Nc4ncnc5[nH]cc(C(=O)c6ccc(Oc7ccccc7)cc6Cl)c45)CC3)CC2)cc1C=O. The normalized spacial score (nSPS) is 15.4. The molecule has 0 aliphatic carbocycles. The Morgan fingerprint density at radius 1 is 0.875 bits per heavy atom. The van der Waals surface area contributed by atoms with E-state index in [1.807, 2.05) is 36.4 Å². The topological polar surface area (TPSA) is 173 Å². The van der Waals surface area contributed by atoms with Crippen LogP contribution in [0.3, 0.4) is 0 Å². The first-order chi connectivity index (χ1) is 31.2. The van der Waals surface area contributed by atoms with Gasteiger partial charge in [0.25, 0.3) is 5.91 Å². The number of ketones is 1. The van der Waals surface area contributed by atoms with E-state index in [0.29, 0.717) is 50.8 Å². The molecule has 0 bridgehead atoms. The first kappa shape index (κ1) is 45.9. The lowest BCUT2D eigenvalue weighted by Gasteiger charge is -2.36. The monoisotopic (exact) mass is 889 g/mol. The number of nitrogens with zero attached hydrogens (tertiary/aromatic N) is 6. The predicted octanol–water partition coefficient (Wildman–Crippen LogP) is 6.48. The summed E-state index contributed by atoms with van der Waals surface area (Å²) in [5.74, 6) is 0.824. The molecule has 2 aliphatic rings. The van der Waals surface area contributed by atoms with Gasteiger partial charge in [-0.25, -0.2) is 9.97 Å². The lowest BCUT2D eigenvalue weighted by molar-refractivity contribution is -0.125. The van der Waals surface area contributed by atoms with Crippen molar-refractivity contribution in [2.75, 3.05) is 76.7 Å². The number of para-hydroxylation sites is 1. The molecule has 64 heavy (non-hydrogen) atoms. The number of fused-ring (bicyclic) bond motifs is 1. The van der Waals surface area contributed by atoms with Crippen LogP contribution in [-0.4, -0.2) is 138 Å². The number of carbonyl (C=O) groups is 5. The van der Waals surface area contributed by atoms with Crippen molar-refractivity contribution < 1.29 is 28.7 Å². The molecule has 0 saturated carbocycles. The number of ether oxygens (including phenoxy) is 1. The Bertz CT molecular complexity index is 2410. The lowest BCUT2D eigenvalue weighted by atomic mass is 10.0. The van der Waals surface area contributed by atoms with Gasteiger partial charge in [-0.3, -0.25) is 24.1 Å². The summed E-state index contributed by atoms with van der Waals surface area (Å²) in [6.07, 6.45) is 10.3. The third-order valence-corrected chi connectivity index (χ3v) is 12.6. The van der Waals surface area contributed by atoms with Gasteiger partial charge in [0.2, 0.25) is 5.91 Å². The van der Waals surface area contributed by atoms with E-state index < -0.39 is 11.9 Å². The van der Waals surface area contributed by atoms with Crippen molar-refractivity contribution in [1.82, 2.24) is 35.0 Å². The number of piperidine rings is 1. The van der Waals surface area contributed by atoms with Crippen LogP contribution in [0.25, 0.3) is 11.0 Å². The smallest absolute Gasteiger partial charge is 0.255 e. The number of nitrogens with one attached hydrogen (secondary N) is 3. The summed E-state index contributed by atoms with van der Waals surface area (Å²) in [4.78, 5) is 83.4.